The van der Waals surface area contributed by atoms with Crippen molar-refractivity contribution in [2.75, 3.05) is 0 Å². The molecule has 154 valence electrons. The number of fused-ring (bicyclic) bond motifs is 3. The SMILES string of the molecule is CC(C)c1cc2c(cc1S(=O)(=O)O)[C@@]1(C)CCC[C@@](C)(C(=O)O)[C@@H]1CC2.O.[NaH]. The molecule has 0 bridgehead atoms. The van der Waals surface area contributed by atoms with Gasteiger partial charge in [0.05, 0.1) is 10.3 Å². The van der Waals surface area contributed by atoms with Gasteiger partial charge in [-0.05, 0) is 72.6 Å². The molecule has 1 aromatic carbocycles. The molecule has 2 aliphatic rings. The summed E-state index contributed by atoms with van der Waals surface area (Å²) in [7, 11) is -4.34. The van der Waals surface area contributed by atoms with E-state index in [0.29, 0.717) is 12.0 Å². The third kappa shape index (κ3) is 3.94. The van der Waals surface area contributed by atoms with Crippen molar-refractivity contribution in [3.05, 3.63) is 28.8 Å². The molecule has 8 heteroatoms. The number of carboxylic acid groups (broad SMARTS) is 1. The van der Waals surface area contributed by atoms with E-state index in [1.807, 2.05) is 26.8 Å². The Morgan fingerprint density at radius 2 is 1.82 bits per heavy atom. The fraction of sp³-hybridized carbons (Fsp3) is 0.650. The first-order chi connectivity index (χ1) is 11.9. The van der Waals surface area contributed by atoms with Crippen molar-refractivity contribution in [3.63, 3.8) is 0 Å². The second-order valence-electron chi connectivity index (χ2n) is 8.76. The molecule has 0 heterocycles. The van der Waals surface area contributed by atoms with Gasteiger partial charge in [0.1, 0.15) is 0 Å². The van der Waals surface area contributed by atoms with E-state index in [0.717, 1.165) is 36.8 Å². The summed E-state index contributed by atoms with van der Waals surface area (Å²) < 4.78 is 33.8. The van der Waals surface area contributed by atoms with E-state index < -0.39 is 26.9 Å². The number of rotatable bonds is 3. The number of aliphatic carboxylic acids is 1. The number of benzene rings is 1. The fourth-order valence-corrected chi connectivity index (χ4v) is 6.31. The molecule has 0 amide bonds. The zero-order chi connectivity index (χ0) is 19.5. The minimum atomic E-state index is -4.34. The Balaban J connectivity index is 0.00000196. The van der Waals surface area contributed by atoms with Crippen LogP contribution in [0, 0.1) is 11.3 Å². The van der Waals surface area contributed by atoms with Gasteiger partial charge in [-0.1, -0.05) is 33.3 Å². The minimum absolute atomic E-state index is 0. The number of hydrogen-bond acceptors (Lipinski definition) is 3. The molecule has 6 nitrogen and oxygen atoms in total. The quantitative estimate of drug-likeness (QED) is 0.573. The molecule has 3 atom stereocenters. The molecule has 1 saturated carbocycles. The van der Waals surface area contributed by atoms with Crippen LogP contribution >= 0.6 is 0 Å². The van der Waals surface area contributed by atoms with E-state index in [-0.39, 0.29) is 51.8 Å². The van der Waals surface area contributed by atoms with Gasteiger partial charge >= 0.3 is 35.5 Å². The maximum atomic E-state index is 12.0. The van der Waals surface area contributed by atoms with Crippen LogP contribution < -0.4 is 0 Å². The van der Waals surface area contributed by atoms with Gasteiger partial charge in [-0.15, -0.1) is 0 Å². The first-order valence-electron chi connectivity index (χ1n) is 9.29. The molecular weight excluding hydrogens is 391 g/mol. The first kappa shape index (κ1) is 25.6. The second kappa shape index (κ2) is 8.36. The molecule has 3 rings (SSSR count). The zero-order valence-electron chi connectivity index (χ0n) is 16.4. The van der Waals surface area contributed by atoms with Crippen molar-refractivity contribution < 1.29 is 28.3 Å². The summed E-state index contributed by atoms with van der Waals surface area (Å²) in [5, 5.41) is 9.86. The molecule has 0 saturated heterocycles. The van der Waals surface area contributed by atoms with Gasteiger partial charge in [0.2, 0.25) is 0 Å². The van der Waals surface area contributed by atoms with Crippen LogP contribution in [-0.4, -0.2) is 59.1 Å². The summed E-state index contributed by atoms with van der Waals surface area (Å²) in [6.07, 6.45) is 3.80. The monoisotopic (exact) mass is 422 g/mol. The van der Waals surface area contributed by atoms with Crippen LogP contribution in [-0.2, 0) is 26.7 Å². The van der Waals surface area contributed by atoms with Gasteiger partial charge in [0, 0.05) is 0 Å². The Morgan fingerprint density at radius 1 is 1.21 bits per heavy atom. The molecule has 0 aromatic heterocycles. The summed E-state index contributed by atoms with van der Waals surface area (Å²) in [5.74, 6) is -0.850. The molecule has 1 fully saturated rings. The maximum absolute atomic E-state index is 12.0. The van der Waals surface area contributed by atoms with Crippen LogP contribution in [0.5, 0.6) is 0 Å². The standard InChI is InChI=1S/C20H28O5S.Na.H2O.H/c1-12(2)14-10-13-6-7-17-19(3,8-5-9-20(17,4)18(21)22)15(13)11-16(14)26(23,24)25;;;/h10-12,17H,5-9H2,1-4H3,(H,21,22)(H,23,24,25);;1H2;/t17-,19-,20-;;;/m1.../s1. The van der Waals surface area contributed by atoms with E-state index in [9.17, 15) is 22.9 Å². The second-order valence-corrected chi connectivity index (χ2v) is 10.2. The Labute approximate surface area is 189 Å². The van der Waals surface area contributed by atoms with Gasteiger partial charge in [0.15, 0.2) is 0 Å². The summed E-state index contributed by atoms with van der Waals surface area (Å²) >= 11 is 0. The van der Waals surface area contributed by atoms with E-state index in [1.165, 1.54) is 0 Å². The third-order valence-electron chi connectivity index (χ3n) is 6.87. The molecule has 0 radical (unpaired) electrons. The average molecular weight is 423 g/mol. The van der Waals surface area contributed by atoms with Gasteiger partial charge in [-0.25, -0.2) is 0 Å². The molecule has 4 N–H and O–H groups in total. The van der Waals surface area contributed by atoms with Crippen molar-refractivity contribution in [2.24, 2.45) is 11.3 Å². The van der Waals surface area contributed by atoms with Crippen molar-refractivity contribution in [2.45, 2.75) is 76.0 Å². The molecule has 28 heavy (non-hydrogen) atoms. The van der Waals surface area contributed by atoms with Crippen molar-refractivity contribution in [1.82, 2.24) is 0 Å². The summed E-state index contributed by atoms with van der Waals surface area (Å²) in [5.41, 5.74) is 1.42. The predicted octanol–water partition coefficient (Wildman–Crippen LogP) is 2.68. The normalized spacial score (nSPS) is 29.1. The van der Waals surface area contributed by atoms with Gasteiger partial charge in [-0.3, -0.25) is 9.35 Å². The number of carbonyl (C=O) groups is 1. The topological polar surface area (TPSA) is 123 Å². The Bertz CT molecular complexity index is 866. The molecule has 2 aliphatic carbocycles. The van der Waals surface area contributed by atoms with Crippen LogP contribution in [0.4, 0.5) is 0 Å². The Hall–Kier alpha value is -0.440. The zero-order valence-corrected chi connectivity index (χ0v) is 17.2. The third-order valence-corrected chi connectivity index (χ3v) is 7.78. The molecule has 1 aromatic rings. The van der Waals surface area contributed by atoms with Gasteiger partial charge in [0.25, 0.3) is 10.1 Å². The summed E-state index contributed by atoms with van der Waals surface area (Å²) in [6.45, 7) is 7.71. The number of hydrogen-bond donors (Lipinski definition) is 2. The fourth-order valence-electron chi connectivity index (χ4n) is 5.45. The van der Waals surface area contributed by atoms with E-state index >= 15 is 0 Å². The first-order valence-corrected chi connectivity index (χ1v) is 10.7. The van der Waals surface area contributed by atoms with E-state index in [1.54, 1.807) is 6.07 Å². The Morgan fingerprint density at radius 3 is 2.32 bits per heavy atom. The van der Waals surface area contributed by atoms with Gasteiger partial charge in [-0.2, -0.15) is 8.42 Å². The average Bonchev–Trinajstić information content (AvgIpc) is 2.52. The predicted molar refractivity (Wildman–Crippen MR) is 110 cm³/mol. The van der Waals surface area contributed by atoms with Crippen molar-refractivity contribution in [3.8, 4) is 0 Å². The number of carboxylic acids is 1. The molecule has 0 aliphatic heterocycles. The molecule has 0 unspecified atom stereocenters. The van der Waals surface area contributed by atoms with E-state index in [2.05, 4.69) is 6.92 Å². The summed E-state index contributed by atoms with van der Waals surface area (Å²) in [6, 6.07) is 3.54. The Kier molecular flexibility index (Phi) is 7.64. The van der Waals surface area contributed by atoms with Crippen LogP contribution in [0.2, 0.25) is 0 Å². The molecule has 0 spiro atoms. The van der Waals surface area contributed by atoms with Crippen molar-refractivity contribution in [1.29, 1.82) is 0 Å². The van der Waals surface area contributed by atoms with Crippen molar-refractivity contribution >= 4 is 45.6 Å². The summed E-state index contributed by atoms with van der Waals surface area (Å²) in [4.78, 5) is 12.0. The van der Waals surface area contributed by atoms with Crippen LogP contribution in [0.25, 0.3) is 0 Å². The van der Waals surface area contributed by atoms with Crippen LogP contribution in [0.15, 0.2) is 17.0 Å². The van der Waals surface area contributed by atoms with Gasteiger partial charge < -0.3 is 10.6 Å². The number of aryl methyl sites for hydroxylation is 1. The molecular formula is C20H31NaO6S. The van der Waals surface area contributed by atoms with Crippen LogP contribution in [0.3, 0.4) is 0 Å². The van der Waals surface area contributed by atoms with E-state index in [4.69, 9.17) is 0 Å². The van der Waals surface area contributed by atoms with Crippen LogP contribution in [0.1, 0.15) is 76.0 Å².